The Morgan fingerprint density at radius 1 is 1.00 bits per heavy atom. The lowest BCUT2D eigenvalue weighted by atomic mass is 10.00. The minimum absolute atomic E-state index is 0.0912. The molecule has 6 rings (SSSR count). The number of hydrazone groups is 1. The number of ether oxygens (including phenoxy) is 1. The fraction of sp³-hybridized carbons (Fsp3) is 0.107. The number of aromatic hydroxyl groups is 1. The fourth-order valence-electron chi connectivity index (χ4n) is 4.51. The number of phenolic OH excluding ortho intramolecular Hbond substituents is 1. The Morgan fingerprint density at radius 3 is 2.64 bits per heavy atom. The molecule has 3 heterocycles. The summed E-state index contributed by atoms with van der Waals surface area (Å²) in [5.74, 6) is 0.951. The number of anilines is 1. The van der Waals surface area contributed by atoms with Gasteiger partial charge in [-0.2, -0.15) is 5.10 Å². The predicted octanol–water partition coefficient (Wildman–Crippen LogP) is 7.08. The van der Waals surface area contributed by atoms with E-state index in [1.54, 1.807) is 24.5 Å². The molecule has 0 bridgehead atoms. The molecule has 0 fully saturated rings. The zero-order chi connectivity index (χ0) is 24.6. The summed E-state index contributed by atoms with van der Waals surface area (Å²) in [5, 5.41) is 21.3. The Bertz CT molecular complexity index is 1590. The van der Waals surface area contributed by atoms with Gasteiger partial charge in [-0.1, -0.05) is 60.1 Å². The van der Waals surface area contributed by atoms with Gasteiger partial charge in [-0.25, -0.2) is 15.0 Å². The second-order valence-corrected chi connectivity index (χ2v) is 9.77. The Morgan fingerprint density at radius 2 is 1.86 bits per heavy atom. The van der Waals surface area contributed by atoms with E-state index in [1.807, 2.05) is 83.2 Å². The number of fused-ring (bicyclic) bond motifs is 1. The quantitative estimate of drug-likeness (QED) is 0.272. The molecule has 1 aliphatic rings. The largest absolute Gasteiger partial charge is 0.504 e. The normalized spacial score (nSPS) is 15.3. The Balaban J connectivity index is 1.56. The molecule has 1 atom stereocenters. The molecule has 0 saturated carbocycles. The smallest absolute Gasteiger partial charge is 0.247 e. The number of halogens is 1. The minimum Gasteiger partial charge on any atom is -0.504 e. The third-order valence-electron chi connectivity index (χ3n) is 6.22. The summed E-state index contributed by atoms with van der Waals surface area (Å²) in [6, 6.07) is 24.8. The summed E-state index contributed by atoms with van der Waals surface area (Å²) in [5.41, 5.74) is 4.10. The first-order chi connectivity index (χ1) is 17.6. The molecular weight excluding hydrogens is 492 g/mol. The van der Waals surface area contributed by atoms with Crippen molar-refractivity contribution in [3.05, 3.63) is 99.7 Å². The van der Waals surface area contributed by atoms with E-state index in [0.717, 1.165) is 32.7 Å². The number of nitrogens with zero attached hydrogens (tertiary/aromatic N) is 4. The summed E-state index contributed by atoms with van der Waals surface area (Å²) < 4.78 is 5.38. The van der Waals surface area contributed by atoms with Crippen molar-refractivity contribution < 1.29 is 9.84 Å². The molecule has 3 aromatic carbocycles. The first kappa shape index (κ1) is 22.5. The lowest BCUT2D eigenvalue weighted by molar-refractivity contribution is 0.368. The van der Waals surface area contributed by atoms with Gasteiger partial charge in [0.15, 0.2) is 11.5 Å². The molecule has 1 aliphatic heterocycles. The van der Waals surface area contributed by atoms with Gasteiger partial charge in [-0.3, -0.25) is 0 Å². The third-order valence-corrected chi connectivity index (χ3v) is 7.38. The van der Waals surface area contributed by atoms with Crippen molar-refractivity contribution in [3.8, 4) is 22.8 Å². The highest BCUT2D eigenvalue weighted by Crippen LogP contribution is 2.43. The van der Waals surface area contributed by atoms with Gasteiger partial charge in [0.25, 0.3) is 0 Å². The molecule has 0 spiro atoms. The number of methoxy groups -OCH3 is 1. The fourth-order valence-corrected chi connectivity index (χ4v) is 5.40. The van der Waals surface area contributed by atoms with Crippen LogP contribution in [0.15, 0.2) is 89.3 Å². The van der Waals surface area contributed by atoms with E-state index < -0.39 is 0 Å². The van der Waals surface area contributed by atoms with E-state index in [1.165, 1.54) is 0 Å². The van der Waals surface area contributed by atoms with Gasteiger partial charge in [0.1, 0.15) is 0 Å². The molecule has 0 saturated heterocycles. The molecule has 0 aliphatic carbocycles. The first-order valence-corrected chi connectivity index (χ1v) is 12.7. The maximum Gasteiger partial charge on any atom is 0.247 e. The van der Waals surface area contributed by atoms with Gasteiger partial charge in [0, 0.05) is 28.0 Å². The van der Waals surface area contributed by atoms with Crippen LogP contribution in [0.25, 0.3) is 22.2 Å². The van der Waals surface area contributed by atoms with Crippen molar-refractivity contribution in [2.45, 2.75) is 12.5 Å². The highest BCUT2D eigenvalue weighted by atomic mass is 35.5. The molecule has 0 radical (unpaired) electrons. The second-order valence-electron chi connectivity index (χ2n) is 8.39. The maximum absolute atomic E-state index is 11.0. The third kappa shape index (κ3) is 3.96. The highest BCUT2D eigenvalue weighted by Gasteiger charge is 2.35. The molecule has 5 aromatic rings. The summed E-state index contributed by atoms with van der Waals surface area (Å²) in [4.78, 5) is 11.0. The summed E-state index contributed by atoms with van der Waals surface area (Å²) >= 11 is 7.97. The standard InChI is InChI=1S/C28H21ClN4O2S/c1-35-24-10-5-9-19(27(24)34)23-16-22(25-11-6-14-36-25)32-33(23)28-30-21-13-12-18(29)15-20(21)26(31-28)17-7-3-2-4-8-17/h2-15,23,34H,16H2,1H3. The first-order valence-electron chi connectivity index (χ1n) is 11.4. The number of hydrogen-bond acceptors (Lipinski definition) is 7. The Labute approximate surface area is 217 Å². The minimum atomic E-state index is -0.314. The SMILES string of the molecule is COc1cccc(C2CC(c3cccs3)=NN2c2nc(-c3ccccc3)c3cc(Cl)ccc3n2)c1O. The van der Waals surface area contributed by atoms with E-state index in [-0.39, 0.29) is 11.8 Å². The lowest BCUT2D eigenvalue weighted by Crippen LogP contribution is -2.21. The van der Waals surface area contributed by atoms with Gasteiger partial charge in [-0.15, -0.1) is 11.3 Å². The van der Waals surface area contributed by atoms with Crippen molar-refractivity contribution in [2.24, 2.45) is 5.10 Å². The van der Waals surface area contributed by atoms with E-state index >= 15 is 0 Å². The van der Waals surface area contributed by atoms with E-state index in [9.17, 15) is 5.11 Å². The molecule has 2 aromatic heterocycles. The summed E-state index contributed by atoms with van der Waals surface area (Å²) in [6.45, 7) is 0. The zero-order valence-electron chi connectivity index (χ0n) is 19.3. The van der Waals surface area contributed by atoms with Crippen molar-refractivity contribution in [2.75, 3.05) is 12.1 Å². The second kappa shape index (κ2) is 9.26. The molecule has 0 amide bonds. The van der Waals surface area contributed by atoms with E-state index in [0.29, 0.717) is 28.7 Å². The predicted molar refractivity (Wildman–Crippen MR) is 145 cm³/mol. The molecule has 178 valence electrons. The van der Waals surface area contributed by atoms with Gasteiger partial charge < -0.3 is 9.84 Å². The van der Waals surface area contributed by atoms with Crippen LogP contribution in [0.1, 0.15) is 22.9 Å². The summed E-state index contributed by atoms with van der Waals surface area (Å²) in [7, 11) is 1.54. The molecule has 1 unspecified atom stereocenters. The van der Waals surface area contributed by atoms with Crippen LogP contribution in [0.5, 0.6) is 11.5 Å². The molecule has 1 N–H and O–H groups in total. The number of benzene rings is 3. The number of hydrogen-bond donors (Lipinski definition) is 1. The van der Waals surface area contributed by atoms with Gasteiger partial charge in [-0.05, 0) is 35.7 Å². The lowest BCUT2D eigenvalue weighted by Gasteiger charge is -2.24. The number of thiophene rings is 1. The average Bonchev–Trinajstić information content (AvgIpc) is 3.59. The van der Waals surface area contributed by atoms with Crippen LogP contribution in [0.2, 0.25) is 5.02 Å². The van der Waals surface area contributed by atoms with Gasteiger partial charge in [0.2, 0.25) is 5.95 Å². The Kier molecular flexibility index (Phi) is 5.79. The van der Waals surface area contributed by atoms with E-state index in [4.69, 9.17) is 31.4 Å². The van der Waals surface area contributed by atoms with Crippen LogP contribution in [-0.4, -0.2) is 27.9 Å². The van der Waals surface area contributed by atoms with Gasteiger partial charge >= 0.3 is 0 Å². The molecule has 6 nitrogen and oxygen atoms in total. The van der Waals surface area contributed by atoms with Crippen LogP contribution in [0.3, 0.4) is 0 Å². The number of para-hydroxylation sites is 1. The number of phenols is 1. The zero-order valence-corrected chi connectivity index (χ0v) is 20.9. The van der Waals surface area contributed by atoms with Gasteiger partial charge in [0.05, 0.1) is 35.0 Å². The number of aromatic nitrogens is 2. The van der Waals surface area contributed by atoms with Crippen LogP contribution in [-0.2, 0) is 0 Å². The van der Waals surface area contributed by atoms with E-state index in [2.05, 4.69) is 0 Å². The van der Waals surface area contributed by atoms with Crippen LogP contribution < -0.4 is 9.75 Å². The van der Waals surface area contributed by atoms with Crippen molar-refractivity contribution in [3.63, 3.8) is 0 Å². The summed E-state index contributed by atoms with van der Waals surface area (Å²) in [6.07, 6.45) is 0.587. The molecule has 36 heavy (non-hydrogen) atoms. The number of rotatable bonds is 5. The van der Waals surface area contributed by atoms with Crippen molar-refractivity contribution in [1.29, 1.82) is 0 Å². The monoisotopic (exact) mass is 512 g/mol. The average molecular weight is 513 g/mol. The Hall–Kier alpha value is -3.94. The van der Waals surface area contributed by atoms with Crippen molar-refractivity contribution in [1.82, 2.24) is 9.97 Å². The van der Waals surface area contributed by atoms with Crippen LogP contribution >= 0.6 is 22.9 Å². The maximum atomic E-state index is 11.0. The van der Waals surface area contributed by atoms with Crippen molar-refractivity contribution >= 4 is 45.5 Å². The van der Waals surface area contributed by atoms with Crippen LogP contribution in [0.4, 0.5) is 5.95 Å². The topological polar surface area (TPSA) is 70.8 Å². The molecule has 8 heteroatoms. The van der Waals surface area contributed by atoms with Crippen LogP contribution in [0, 0.1) is 0 Å². The molecular formula is C28H21ClN4O2S. The highest BCUT2D eigenvalue weighted by molar-refractivity contribution is 7.12.